The first kappa shape index (κ1) is 30.0. The number of nitrogens with zero attached hydrogens (tertiary/aromatic N) is 2. The molecule has 0 saturated heterocycles. The zero-order valence-corrected chi connectivity index (χ0v) is 24.1. The number of nitrogens with one attached hydrogen (secondary N) is 2. The van der Waals surface area contributed by atoms with E-state index in [2.05, 4.69) is 67.4 Å². The summed E-state index contributed by atoms with van der Waals surface area (Å²) >= 11 is 7.03. The van der Waals surface area contributed by atoms with Crippen LogP contribution in [-0.4, -0.2) is 34.6 Å². The summed E-state index contributed by atoms with van der Waals surface area (Å²) in [4.78, 5) is 17.3. The van der Waals surface area contributed by atoms with Crippen molar-refractivity contribution in [1.29, 1.82) is 0 Å². The van der Waals surface area contributed by atoms with Crippen molar-refractivity contribution < 1.29 is 9.53 Å². The Labute approximate surface area is 225 Å². The third-order valence-electron chi connectivity index (χ3n) is 5.26. The van der Waals surface area contributed by atoms with E-state index in [-0.39, 0.29) is 17.2 Å². The number of rotatable bonds is 11. The molecule has 0 aliphatic heterocycles. The van der Waals surface area contributed by atoms with E-state index in [0.29, 0.717) is 0 Å². The maximum absolute atomic E-state index is 11.3. The fourth-order valence-electron chi connectivity index (χ4n) is 3.53. The Kier molecular flexibility index (Phi) is 12.6. The van der Waals surface area contributed by atoms with Crippen molar-refractivity contribution in [3.05, 3.63) is 48.3 Å². The first-order chi connectivity index (χ1) is 17.2. The summed E-state index contributed by atoms with van der Waals surface area (Å²) in [6.07, 6.45) is 3.51. The largest absolute Gasteiger partial charge is 0.382 e. The average Bonchev–Trinajstić information content (AvgIpc) is 3.23. The second kappa shape index (κ2) is 15.1. The minimum absolute atomic E-state index is 0.00282. The average molecular weight is 533 g/mol. The summed E-state index contributed by atoms with van der Waals surface area (Å²) in [5.41, 5.74) is 3.91. The molecule has 0 radical (unpaired) electrons. The van der Waals surface area contributed by atoms with Gasteiger partial charge in [0.15, 0.2) is 0 Å². The van der Waals surface area contributed by atoms with Gasteiger partial charge in [0.2, 0.25) is 5.91 Å². The second-order valence-corrected chi connectivity index (χ2v) is 10.6. The van der Waals surface area contributed by atoms with E-state index >= 15 is 0 Å². The number of aryl methyl sites for hydroxylation is 1. The molecule has 6 nitrogen and oxygen atoms in total. The van der Waals surface area contributed by atoms with Crippen LogP contribution in [0.25, 0.3) is 11.0 Å². The molecule has 198 valence electrons. The minimum Gasteiger partial charge on any atom is -0.382 e. The molecule has 0 unspecified atom stereocenters. The molecular formula is C28H41ClN4O2S. The number of hydrogen-bond acceptors (Lipinski definition) is 5. The second-order valence-electron chi connectivity index (χ2n) is 9.50. The third-order valence-corrected chi connectivity index (χ3v) is 6.35. The number of alkyl halides is 1. The molecule has 2 aromatic carbocycles. The highest BCUT2D eigenvalue weighted by Crippen LogP contribution is 2.30. The highest BCUT2D eigenvalue weighted by molar-refractivity contribution is 8.00. The number of imidazole rings is 1. The normalized spacial score (nSPS) is 11.2. The van der Waals surface area contributed by atoms with Crippen LogP contribution in [0.2, 0.25) is 0 Å². The Balaban J connectivity index is 0.000000572. The van der Waals surface area contributed by atoms with Gasteiger partial charge in [0.1, 0.15) is 11.7 Å². The van der Waals surface area contributed by atoms with E-state index in [4.69, 9.17) is 21.3 Å². The van der Waals surface area contributed by atoms with Crippen molar-refractivity contribution in [1.82, 2.24) is 9.55 Å². The fourth-order valence-corrected chi connectivity index (χ4v) is 4.23. The molecule has 1 aromatic heterocycles. The molecule has 3 rings (SSSR count). The first-order valence-corrected chi connectivity index (χ1v) is 14.1. The number of carbonyl (C=O) groups is 1. The van der Waals surface area contributed by atoms with Crippen molar-refractivity contribution in [2.75, 3.05) is 29.1 Å². The maximum atomic E-state index is 11.3. The zero-order chi connectivity index (χ0) is 26.6. The molecule has 8 heteroatoms. The topological polar surface area (TPSA) is 68.2 Å². The van der Waals surface area contributed by atoms with Crippen LogP contribution >= 0.6 is 23.5 Å². The number of aromatic nitrogens is 2. The third kappa shape index (κ3) is 9.34. The number of fused-ring (bicyclic) bond motifs is 1. The predicted octanol–water partition coefficient (Wildman–Crippen LogP) is 7.86. The first-order valence-electron chi connectivity index (χ1n) is 12.7. The standard InChI is InChI=1S/C22H27ClN4OS.C6H14O/c1-5-12-27-19-11-8-16(13-18(19)25-21(27)22(2,3)4)26-29-17-9-6-15(7-10-17)24-20(28)14-23;1-3-5-6-7-4-2/h6-11,13,26H,5,12,14H2,1-4H3,(H,24,28);3-6H2,1-2H3. The highest BCUT2D eigenvalue weighted by atomic mass is 35.5. The van der Waals surface area contributed by atoms with E-state index in [1.54, 1.807) is 0 Å². The van der Waals surface area contributed by atoms with Gasteiger partial charge in [-0.15, -0.1) is 11.6 Å². The monoisotopic (exact) mass is 532 g/mol. The van der Waals surface area contributed by atoms with Gasteiger partial charge in [0.25, 0.3) is 0 Å². The number of benzene rings is 2. The van der Waals surface area contributed by atoms with Gasteiger partial charge in [-0.2, -0.15) is 0 Å². The summed E-state index contributed by atoms with van der Waals surface area (Å²) in [5, 5.41) is 2.73. The van der Waals surface area contributed by atoms with Crippen LogP contribution in [0.1, 0.15) is 66.6 Å². The quantitative estimate of drug-likeness (QED) is 0.149. The molecule has 0 aliphatic carbocycles. The molecular weight excluding hydrogens is 492 g/mol. The lowest BCUT2D eigenvalue weighted by Gasteiger charge is -2.19. The minimum atomic E-state index is -0.212. The van der Waals surface area contributed by atoms with Crippen molar-refractivity contribution in [2.45, 2.75) is 77.7 Å². The van der Waals surface area contributed by atoms with Gasteiger partial charge in [0.05, 0.1) is 11.0 Å². The summed E-state index contributed by atoms with van der Waals surface area (Å²) < 4.78 is 10.8. The van der Waals surface area contributed by atoms with E-state index in [1.807, 2.05) is 31.2 Å². The fraction of sp³-hybridized carbons (Fsp3) is 0.500. The van der Waals surface area contributed by atoms with Crippen molar-refractivity contribution in [3.8, 4) is 0 Å². The van der Waals surface area contributed by atoms with Crippen LogP contribution < -0.4 is 10.0 Å². The summed E-state index contributed by atoms with van der Waals surface area (Å²) in [7, 11) is 0. The van der Waals surface area contributed by atoms with Crippen molar-refractivity contribution in [3.63, 3.8) is 0 Å². The number of carbonyl (C=O) groups excluding carboxylic acids is 1. The molecule has 2 N–H and O–H groups in total. The number of unbranched alkanes of at least 4 members (excludes halogenated alkanes) is 1. The van der Waals surface area contributed by atoms with Crippen LogP contribution in [-0.2, 0) is 21.5 Å². The number of halogens is 1. The predicted molar refractivity (Wildman–Crippen MR) is 155 cm³/mol. The van der Waals surface area contributed by atoms with Gasteiger partial charge in [0, 0.05) is 41.4 Å². The van der Waals surface area contributed by atoms with E-state index in [1.165, 1.54) is 30.3 Å². The van der Waals surface area contributed by atoms with Crippen LogP contribution in [0.4, 0.5) is 11.4 Å². The molecule has 0 bridgehead atoms. The van der Waals surface area contributed by atoms with Gasteiger partial charge in [-0.1, -0.05) is 41.0 Å². The lowest BCUT2D eigenvalue weighted by molar-refractivity contribution is -0.113. The smallest absolute Gasteiger partial charge is 0.239 e. The Bertz CT molecular complexity index is 1070. The SMILES string of the molecule is CCCCOCC.CCCn1c(C(C)(C)C)nc2cc(NSc3ccc(NC(=O)CCl)cc3)ccc21. The molecule has 0 aliphatic rings. The van der Waals surface area contributed by atoms with Crippen LogP contribution in [0.15, 0.2) is 47.4 Å². The number of ether oxygens (including phenoxy) is 1. The number of anilines is 2. The van der Waals surface area contributed by atoms with E-state index in [9.17, 15) is 4.79 Å². The molecule has 0 saturated carbocycles. The van der Waals surface area contributed by atoms with Gasteiger partial charge < -0.3 is 19.3 Å². The highest BCUT2D eigenvalue weighted by Gasteiger charge is 2.22. The molecule has 36 heavy (non-hydrogen) atoms. The van der Waals surface area contributed by atoms with E-state index < -0.39 is 0 Å². The Morgan fingerprint density at radius 3 is 2.33 bits per heavy atom. The number of amides is 1. The molecule has 1 amide bonds. The summed E-state index contributed by atoms with van der Waals surface area (Å²) in [6.45, 7) is 15.8. The van der Waals surface area contributed by atoms with Gasteiger partial charge in [-0.3, -0.25) is 4.79 Å². The van der Waals surface area contributed by atoms with Crippen molar-refractivity contribution >= 4 is 51.9 Å². The lowest BCUT2D eigenvalue weighted by Crippen LogP contribution is -2.19. The maximum Gasteiger partial charge on any atom is 0.239 e. The Morgan fingerprint density at radius 1 is 1.06 bits per heavy atom. The lowest BCUT2D eigenvalue weighted by atomic mass is 9.95. The summed E-state index contributed by atoms with van der Waals surface area (Å²) in [6, 6.07) is 13.9. The molecule has 0 spiro atoms. The van der Waals surface area contributed by atoms with Crippen LogP contribution in [0.3, 0.4) is 0 Å². The molecule has 3 aromatic rings. The molecule has 0 fully saturated rings. The van der Waals surface area contributed by atoms with Crippen LogP contribution in [0.5, 0.6) is 0 Å². The summed E-state index contributed by atoms with van der Waals surface area (Å²) in [5.74, 6) is 0.857. The number of hydrogen-bond donors (Lipinski definition) is 2. The van der Waals surface area contributed by atoms with Crippen LogP contribution in [0, 0.1) is 0 Å². The molecule has 0 atom stereocenters. The molecule has 1 heterocycles. The van der Waals surface area contributed by atoms with Gasteiger partial charge in [-0.05, 0) is 74.2 Å². The Hall–Kier alpha value is -2.22. The van der Waals surface area contributed by atoms with Gasteiger partial charge in [-0.25, -0.2) is 4.98 Å². The van der Waals surface area contributed by atoms with E-state index in [0.717, 1.165) is 53.8 Å². The zero-order valence-electron chi connectivity index (χ0n) is 22.5. The Morgan fingerprint density at radius 2 is 1.75 bits per heavy atom. The van der Waals surface area contributed by atoms with Crippen molar-refractivity contribution in [2.24, 2.45) is 0 Å². The van der Waals surface area contributed by atoms with Gasteiger partial charge >= 0.3 is 0 Å².